The summed E-state index contributed by atoms with van der Waals surface area (Å²) in [5, 5.41) is 7.88. The normalized spacial score (nSPS) is 9.12. The first-order chi connectivity index (χ1) is 3.93. The first-order valence-corrected chi connectivity index (χ1v) is 2.86. The maximum Gasteiger partial charge on any atom is 0.229 e. The van der Waals surface area contributed by atoms with Gasteiger partial charge >= 0.3 is 0 Å². The van der Waals surface area contributed by atoms with E-state index in [-0.39, 0.29) is 0 Å². The van der Waals surface area contributed by atoms with Crippen LogP contribution in [0.1, 0.15) is 0 Å². The highest BCUT2D eigenvalue weighted by atomic mass is 32.1. The lowest BCUT2D eigenvalue weighted by molar-refractivity contribution is 0.270. The summed E-state index contributed by atoms with van der Waals surface area (Å²) < 4.78 is 0. The molecule has 0 aliphatic rings. The first-order valence-electron chi connectivity index (χ1n) is 1.98. The van der Waals surface area contributed by atoms with Crippen LogP contribution in [-0.4, -0.2) is 17.3 Å². The van der Waals surface area contributed by atoms with Gasteiger partial charge in [0.15, 0.2) is 0 Å². The van der Waals surface area contributed by atoms with Gasteiger partial charge in [0.2, 0.25) is 5.13 Å². The van der Waals surface area contributed by atoms with Crippen molar-refractivity contribution in [1.82, 2.24) is 10.2 Å². The Hall–Kier alpha value is -0.680. The van der Waals surface area contributed by atoms with E-state index in [9.17, 15) is 0 Å². The van der Waals surface area contributed by atoms with Gasteiger partial charge in [-0.2, -0.15) is 0 Å². The average molecular weight is 131 g/mol. The number of nitrogens with zero attached hydrogens (tertiary/aromatic N) is 2. The molecule has 44 valence electrons. The summed E-state index contributed by atoms with van der Waals surface area (Å²) in [7, 11) is 1.53. The number of rotatable bonds is 2. The molecule has 0 aliphatic carbocycles. The van der Waals surface area contributed by atoms with Gasteiger partial charge in [-0.25, -0.2) is 5.48 Å². The SMILES string of the molecule is CONc1nncs1. The Labute approximate surface area is 50.5 Å². The summed E-state index contributed by atoms with van der Waals surface area (Å²) in [6.45, 7) is 0. The Kier molecular flexibility index (Phi) is 1.76. The lowest BCUT2D eigenvalue weighted by Gasteiger charge is -1.91. The van der Waals surface area contributed by atoms with Crippen LogP contribution in [0.25, 0.3) is 0 Å². The molecule has 0 spiro atoms. The first kappa shape index (κ1) is 5.46. The van der Waals surface area contributed by atoms with Crippen LogP contribution in [-0.2, 0) is 4.84 Å². The third-order valence-electron chi connectivity index (χ3n) is 0.549. The summed E-state index contributed by atoms with van der Waals surface area (Å²) in [6, 6.07) is 0. The van der Waals surface area contributed by atoms with Crippen LogP contribution in [0.5, 0.6) is 0 Å². The van der Waals surface area contributed by atoms with Crippen molar-refractivity contribution >= 4 is 16.5 Å². The molecule has 8 heavy (non-hydrogen) atoms. The van der Waals surface area contributed by atoms with E-state index in [0.29, 0.717) is 5.13 Å². The Bertz CT molecular complexity index is 140. The zero-order chi connectivity index (χ0) is 5.82. The summed E-state index contributed by atoms with van der Waals surface area (Å²) in [5.41, 5.74) is 4.16. The highest BCUT2D eigenvalue weighted by Crippen LogP contribution is 2.06. The fraction of sp³-hybridized carbons (Fsp3) is 0.333. The topological polar surface area (TPSA) is 47.0 Å². The summed E-state index contributed by atoms with van der Waals surface area (Å²) in [4.78, 5) is 4.54. The van der Waals surface area contributed by atoms with Crippen molar-refractivity contribution < 1.29 is 4.84 Å². The molecule has 0 saturated carbocycles. The molecule has 0 saturated heterocycles. The summed E-state index contributed by atoms with van der Waals surface area (Å²) in [6.07, 6.45) is 0. The minimum absolute atomic E-state index is 0.674. The molecule has 0 aliphatic heterocycles. The van der Waals surface area contributed by atoms with Crippen LogP contribution in [0, 0.1) is 0 Å². The Morgan fingerprint density at radius 2 is 2.75 bits per heavy atom. The van der Waals surface area contributed by atoms with Gasteiger partial charge in [0.1, 0.15) is 5.51 Å². The van der Waals surface area contributed by atoms with Crippen molar-refractivity contribution in [2.24, 2.45) is 0 Å². The molecule has 1 aromatic rings. The number of hydrogen-bond acceptors (Lipinski definition) is 5. The molecule has 0 fully saturated rings. The second-order valence-corrected chi connectivity index (χ2v) is 1.88. The monoisotopic (exact) mass is 131 g/mol. The molecule has 4 nitrogen and oxygen atoms in total. The Morgan fingerprint density at radius 3 is 3.25 bits per heavy atom. The number of hydrogen-bond donors (Lipinski definition) is 1. The molecular weight excluding hydrogens is 126 g/mol. The van der Waals surface area contributed by atoms with Crippen LogP contribution >= 0.6 is 11.3 Å². The minimum atomic E-state index is 0.674. The molecule has 1 heterocycles. The van der Waals surface area contributed by atoms with E-state index in [1.807, 2.05) is 0 Å². The lowest BCUT2D eigenvalue weighted by Crippen LogP contribution is -1.93. The number of nitrogens with one attached hydrogen (secondary N) is 1. The maximum absolute atomic E-state index is 4.54. The van der Waals surface area contributed by atoms with E-state index in [1.54, 1.807) is 5.51 Å². The molecular formula is C3H5N3OS. The molecule has 1 N–H and O–H groups in total. The molecule has 0 unspecified atom stereocenters. The minimum Gasteiger partial charge on any atom is -0.277 e. The van der Waals surface area contributed by atoms with Crippen LogP contribution in [0.4, 0.5) is 5.13 Å². The number of aromatic nitrogens is 2. The van der Waals surface area contributed by atoms with Crippen LogP contribution in [0.15, 0.2) is 5.51 Å². The standard InChI is InChI=1S/C3H5N3OS/c1-7-6-3-5-4-2-8-3/h2H,1H3,(H,5,6). The molecule has 1 aromatic heterocycles. The van der Waals surface area contributed by atoms with Gasteiger partial charge in [0.25, 0.3) is 0 Å². The molecule has 0 atom stereocenters. The van der Waals surface area contributed by atoms with E-state index in [1.165, 1.54) is 18.4 Å². The van der Waals surface area contributed by atoms with E-state index in [4.69, 9.17) is 0 Å². The molecule has 0 aromatic carbocycles. The lowest BCUT2D eigenvalue weighted by atomic mass is 11.3. The third-order valence-corrected chi connectivity index (χ3v) is 1.14. The van der Waals surface area contributed by atoms with Crippen molar-refractivity contribution in [1.29, 1.82) is 0 Å². The Balaban J connectivity index is 2.50. The third kappa shape index (κ3) is 1.14. The van der Waals surface area contributed by atoms with Crippen LogP contribution in [0.2, 0.25) is 0 Å². The second-order valence-electron chi connectivity index (χ2n) is 1.05. The van der Waals surface area contributed by atoms with E-state index in [0.717, 1.165) is 0 Å². The largest absolute Gasteiger partial charge is 0.277 e. The van der Waals surface area contributed by atoms with E-state index in [2.05, 4.69) is 20.5 Å². The fourth-order valence-electron chi connectivity index (χ4n) is 0.305. The molecule has 0 bridgehead atoms. The van der Waals surface area contributed by atoms with E-state index >= 15 is 0 Å². The fourth-order valence-corrected chi connectivity index (χ4v) is 0.725. The molecule has 0 amide bonds. The van der Waals surface area contributed by atoms with Crippen molar-refractivity contribution in [3.8, 4) is 0 Å². The zero-order valence-electron chi connectivity index (χ0n) is 4.29. The smallest absolute Gasteiger partial charge is 0.229 e. The molecule has 0 radical (unpaired) electrons. The van der Waals surface area contributed by atoms with Crippen LogP contribution in [0.3, 0.4) is 0 Å². The predicted molar refractivity (Wildman–Crippen MR) is 30.5 cm³/mol. The van der Waals surface area contributed by atoms with Crippen LogP contribution < -0.4 is 5.48 Å². The summed E-state index contributed by atoms with van der Waals surface area (Å²) in [5.74, 6) is 0. The Morgan fingerprint density at radius 1 is 1.88 bits per heavy atom. The van der Waals surface area contributed by atoms with Gasteiger partial charge in [0.05, 0.1) is 7.11 Å². The zero-order valence-corrected chi connectivity index (χ0v) is 5.10. The van der Waals surface area contributed by atoms with Gasteiger partial charge in [-0.3, -0.25) is 4.84 Å². The van der Waals surface area contributed by atoms with Gasteiger partial charge in [-0.1, -0.05) is 11.3 Å². The average Bonchev–Trinajstić information content (AvgIpc) is 2.19. The molecule has 5 heteroatoms. The van der Waals surface area contributed by atoms with Gasteiger partial charge in [0, 0.05) is 0 Å². The van der Waals surface area contributed by atoms with Crippen molar-refractivity contribution in [2.45, 2.75) is 0 Å². The van der Waals surface area contributed by atoms with Crippen molar-refractivity contribution in [3.63, 3.8) is 0 Å². The van der Waals surface area contributed by atoms with Gasteiger partial charge < -0.3 is 0 Å². The predicted octanol–water partition coefficient (Wildman–Crippen LogP) is 0.511. The van der Waals surface area contributed by atoms with Gasteiger partial charge in [-0.15, -0.1) is 10.2 Å². The maximum atomic E-state index is 4.54. The number of anilines is 1. The second kappa shape index (κ2) is 2.58. The van der Waals surface area contributed by atoms with Crippen molar-refractivity contribution in [2.75, 3.05) is 12.6 Å². The quantitative estimate of drug-likeness (QED) is 0.594. The van der Waals surface area contributed by atoms with E-state index < -0.39 is 0 Å². The highest BCUT2D eigenvalue weighted by Gasteiger charge is 1.88. The summed E-state index contributed by atoms with van der Waals surface area (Å²) >= 11 is 1.39. The van der Waals surface area contributed by atoms with Gasteiger partial charge in [-0.05, 0) is 0 Å². The molecule has 1 rings (SSSR count). The highest BCUT2D eigenvalue weighted by molar-refractivity contribution is 7.13. The van der Waals surface area contributed by atoms with Crippen molar-refractivity contribution in [3.05, 3.63) is 5.51 Å².